The van der Waals surface area contributed by atoms with Crippen LogP contribution in [0, 0.1) is 16.0 Å². The second-order valence-electron chi connectivity index (χ2n) is 5.06. The number of thiazole rings is 1. The van der Waals surface area contributed by atoms with E-state index in [0.717, 1.165) is 30.6 Å². The molecule has 1 aliphatic rings. The number of hydrogen-bond donors (Lipinski definition) is 1. The lowest BCUT2D eigenvalue weighted by molar-refractivity contribution is -0.382. The van der Waals surface area contributed by atoms with Crippen LogP contribution in [0.25, 0.3) is 10.2 Å². The molecule has 1 saturated heterocycles. The highest BCUT2D eigenvalue weighted by Crippen LogP contribution is 2.37. The minimum atomic E-state index is -0.313. The Morgan fingerprint density at radius 1 is 1.45 bits per heavy atom. The van der Waals surface area contributed by atoms with Gasteiger partial charge in [0, 0.05) is 13.1 Å². The predicted octanol–water partition coefficient (Wildman–Crippen LogP) is 2.38. The van der Waals surface area contributed by atoms with Crippen molar-refractivity contribution >= 4 is 32.9 Å². The molecule has 0 radical (unpaired) electrons. The number of hydrogen-bond acceptors (Lipinski definition) is 6. The van der Waals surface area contributed by atoms with Gasteiger partial charge in [-0.3, -0.25) is 10.1 Å². The Hall–Kier alpha value is -1.73. The third-order valence-corrected chi connectivity index (χ3v) is 4.72. The molecule has 1 aliphatic heterocycles. The molecule has 0 unspecified atom stereocenters. The highest BCUT2D eigenvalue weighted by Gasteiger charge is 2.27. The maximum atomic E-state index is 11.4. The number of nitrogens with two attached hydrogens (primary N) is 1. The van der Waals surface area contributed by atoms with E-state index in [4.69, 9.17) is 5.73 Å². The van der Waals surface area contributed by atoms with Crippen LogP contribution in [0.15, 0.2) is 17.6 Å². The molecule has 6 nitrogen and oxygen atoms in total. The van der Waals surface area contributed by atoms with Crippen molar-refractivity contribution in [3.63, 3.8) is 0 Å². The average molecular weight is 292 g/mol. The van der Waals surface area contributed by atoms with Crippen LogP contribution in [-0.2, 0) is 0 Å². The second kappa shape index (κ2) is 5.34. The fourth-order valence-corrected chi connectivity index (χ4v) is 3.43. The van der Waals surface area contributed by atoms with E-state index in [1.807, 2.05) is 12.1 Å². The molecule has 2 heterocycles. The van der Waals surface area contributed by atoms with Crippen LogP contribution in [-0.4, -0.2) is 29.5 Å². The summed E-state index contributed by atoms with van der Waals surface area (Å²) in [6.07, 6.45) is 1.98. The van der Waals surface area contributed by atoms with Gasteiger partial charge in [-0.05, 0) is 37.4 Å². The standard InChI is InChI=1S/C13H16N4O2S/c14-7-9-3-5-16(6-4-9)10-1-2-11-12(15-8-20-11)13(10)17(18)19/h1-2,8-9H,3-7,14H2. The molecule has 2 aromatic rings. The summed E-state index contributed by atoms with van der Waals surface area (Å²) in [6, 6.07) is 3.77. The number of rotatable bonds is 3. The lowest BCUT2D eigenvalue weighted by atomic mass is 9.96. The van der Waals surface area contributed by atoms with Crippen molar-refractivity contribution in [1.29, 1.82) is 0 Å². The van der Waals surface area contributed by atoms with Crippen molar-refractivity contribution in [2.45, 2.75) is 12.8 Å². The molecular formula is C13H16N4O2S. The molecule has 2 N–H and O–H groups in total. The third-order valence-electron chi connectivity index (χ3n) is 3.93. The molecule has 0 amide bonds. The molecule has 20 heavy (non-hydrogen) atoms. The van der Waals surface area contributed by atoms with E-state index in [2.05, 4.69) is 9.88 Å². The Kier molecular flexibility index (Phi) is 3.54. The van der Waals surface area contributed by atoms with Gasteiger partial charge < -0.3 is 10.6 Å². The zero-order valence-electron chi connectivity index (χ0n) is 11.0. The quantitative estimate of drug-likeness (QED) is 0.693. The van der Waals surface area contributed by atoms with Crippen LogP contribution < -0.4 is 10.6 Å². The number of nitro groups is 1. The molecule has 0 spiro atoms. The number of nitro benzene ring substituents is 1. The number of benzene rings is 1. The van der Waals surface area contributed by atoms with Crippen molar-refractivity contribution in [3.05, 3.63) is 27.8 Å². The van der Waals surface area contributed by atoms with Crippen LogP contribution in [0.3, 0.4) is 0 Å². The van der Waals surface area contributed by atoms with Gasteiger partial charge in [0.15, 0.2) is 5.52 Å². The Balaban J connectivity index is 1.99. The lowest BCUT2D eigenvalue weighted by Crippen LogP contribution is -2.36. The third kappa shape index (κ3) is 2.23. The predicted molar refractivity (Wildman–Crippen MR) is 80.3 cm³/mol. The van der Waals surface area contributed by atoms with Crippen LogP contribution in [0.1, 0.15) is 12.8 Å². The van der Waals surface area contributed by atoms with Crippen LogP contribution in [0.4, 0.5) is 11.4 Å². The van der Waals surface area contributed by atoms with E-state index in [1.165, 1.54) is 11.3 Å². The van der Waals surface area contributed by atoms with Crippen LogP contribution in [0.2, 0.25) is 0 Å². The second-order valence-corrected chi connectivity index (χ2v) is 5.94. The number of nitrogens with zero attached hydrogens (tertiary/aromatic N) is 3. The Bertz CT molecular complexity index is 634. The van der Waals surface area contributed by atoms with E-state index < -0.39 is 0 Å². The summed E-state index contributed by atoms with van der Waals surface area (Å²) in [4.78, 5) is 17.4. The first kappa shape index (κ1) is 13.3. The zero-order chi connectivity index (χ0) is 14.1. The summed E-state index contributed by atoms with van der Waals surface area (Å²) in [5.74, 6) is 0.535. The summed E-state index contributed by atoms with van der Waals surface area (Å²) < 4.78 is 0.859. The van der Waals surface area contributed by atoms with E-state index in [1.54, 1.807) is 5.51 Å². The molecule has 1 aromatic heterocycles. The van der Waals surface area contributed by atoms with Gasteiger partial charge in [-0.2, -0.15) is 0 Å². The largest absolute Gasteiger partial charge is 0.366 e. The van der Waals surface area contributed by atoms with Crippen molar-refractivity contribution in [2.24, 2.45) is 11.7 Å². The maximum Gasteiger partial charge on any atom is 0.319 e. The molecule has 1 fully saturated rings. The number of fused-ring (bicyclic) bond motifs is 1. The summed E-state index contributed by atoms with van der Waals surface area (Å²) in [7, 11) is 0. The molecule has 0 atom stereocenters. The highest BCUT2D eigenvalue weighted by molar-refractivity contribution is 7.16. The Morgan fingerprint density at radius 2 is 2.20 bits per heavy atom. The average Bonchev–Trinajstić information content (AvgIpc) is 2.94. The van der Waals surface area contributed by atoms with Gasteiger partial charge in [-0.25, -0.2) is 4.98 Å². The normalized spacial score (nSPS) is 16.8. The van der Waals surface area contributed by atoms with Gasteiger partial charge >= 0.3 is 5.69 Å². The minimum absolute atomic E-state index is 0.134. The molecule has 106 valence electrons. The summed E-state index contributed by atoms with van der Waals surface area (Å²) >= 11 is 1.43. The number of piperidine rings is 1. The van der Waals surface area contributed by atoms with Crippen LogP contribution in [0.5, 0.6) is 0 Å². The van der Waals surface area contributed by atoms with Crippen molar-refractivity contribution in [1.82, 2.24) is 4.98 Å². The monoisotopic (exact) mass is 292 g/mol. The van der Waals surface area contributed by atoms with Gasteiger partial charge in [0.2, 0.25) is 0 Å². The molecule has 7 heteroatoms. The minimum Gasteiger partial charge on any atom is -0.366 e. The summed E-state index contributed by atoms with van der Waals surface area (Å²) in [6.45, 7) is 2.33. The first-order chi connectivity index (χ1) is 9.70. The molecule has 0 saturated carbocycles. The van der Waals surface area contributed by atoms with E-state index in [0.29, 0.717) is 23.7 Å². The summed E-state index contributed by atoms with van der Waals surface area (Å²) in [5, 5.41) is 11.4. The zero-order valence-corrected chi connectivity index (χ0v) is 11.8. The van der Waals surface area contributed by atoms with E-state index >= 15 is 0 Å². The number of anilines is 1. The van der Waals surface area contributed by atoms with Crippen molar-refractivity contribution in [3.8, 4) is 0 Å². The van der Waals surface area contributed by atoms with Crippen LogP contribution >= 0.6 is 11.3 Å². The Morgan fingerprint density at radius 3 is 2.85 bits per heavy atom. The van der Waals surface area contributed by atoms with Crippen molar-refractivity contribution in [2.75, 3.05) is 24.5 Å². The first-order valence-corrected chi connectivity index (χ1v) is 7.54. The smallest absolute Gasteiger partial charge is 0.319 e. The van der Waals surface area contributed by atoms with E-state index in [-0.39, 0.29) is 10.6 Å². The fourth-order valence-electron chi connectivity index (χ4n) is 2.75. The van der Waals surface area contributed by atoms with Gasteiger partial charge in [0.25, 0.3) is 0 Å². The molecule has 1 aromatic carbocycles. The maximum absolute atomic E-state index is 11.4. The van der Waals surface area contributed by atoms with Gasteiger partial charge in [0.05, 0.1) is 15.1 Å². The molecule has 0 bridgehead atoms. The van der Waals surface area contributed by atoms with Gasteiger partial charge in [-0.1, -0.05) is 0 Å². The fraction of sp³-hybridized carbons (Fsp3) is 0.462. The highest BCUT2D eigenvalue weighted by atomic mass is 32.1. The molecule has 0 aliphatic carbocycles. The lowest BCUT2D eigenvalue weighted by Gasteiger charge is -2.32. The Labute approximate surface area is 120 Å². The van der Waals surface area contributed by atoms with Gasteiger partial charge in [-0.15, -0.1) is 11.3 Å². The SMILES string of the molecule is NCC1CCN(c2ccc3scnc3c2[N+](=O)[O-])CC1. The van der Waals surface area contributed by atoms with E-state index in [9.17, 15) is 10.1 Å². The molecular weight excluding hydrogens is 276 g/mol. The van der Waals surface area contributed by atoms with Crippen molar-refractivity contribution < 1.29 is 4.92 Å². The first-order valence-electron chi connectivity index (χ1n) is 6.66. The van der Waals surface area contributed by atoms with Gasteiger partial charge in [0.1, 0.15) is 5.69 Å². The molecule has 3 rings (SSSR count). The summed E-state index contributed by atoms with van der Waals surface area (Å²) in [5.41, 5.74) is 8.66. The number of aromatic nitrogens is 1. The topological polar surface area (TPSA) is 85.3 Å².